The summed E-state index contributed by atoms with van der Waals surface area (Å²) in [7, 11) is -3.71. The minimum absolute atomic E-state index is 0.182. The number of nitrogens with zero attached hydrogens (tertiary/aromatic N) is 2. The Kier molecular flexibility index (Phi) is 7.78. The molecular formula is C25H36N2O3S. The molecule has 0 aromatic heterocycles. The summed E-state index contributed by atoms with van der Waals surface area (Å²) in [5.41, 5.74) is 3.53. The summed E-state index contributed by atoms with van der Waals surface area (Å²) in [4.78, 5) is 2.53. The highest BCUT2D eigenvalue weighted by atomic mass is 32.2. The molecule has 0 aliphatic carbocycles. The van der Waals surface area contributed by atoms with Crippen LogP contribution in [0.25, 0.3) is 0 Å². The minimum Gasteiger partial charge on any atom is -0.387 e. The van der Waals surface area contributed by atoms with Gasteiger partial charge in [-0.3, -0.25) is 4.31 Å². The van der Waals surface area contributed by atoms with Gasteiger partial charge in [0, 0.05) is 13.1 Å². The van der Waals surface area contributed by atoms with Crippen LogP contribution in [0.5, 0.6) is 0 Å². The Morgan fingerprint density at radius 2 is 1.55 bits per heavy atom. The van der Waals surface area contributed by atoms with E-state index in [1.54, 1.807) is 24.3 Å². The van der Waals surface area contributed by atoms with Crippen LogP contribution in [0.3, 0.4) is 0 Å². The van der Waals surface area contributed by atoms with Crippen molar-refractivity contribution in [2.45, 2.75) is 58.0 Å². The Labute approximate surface area is 187 Å². The molecule has 0 amide bonds. The number of β-amino-alcohol motifs (C(OH)–C–C–N with tert-alkyl or cyclic N) is 1. The third-order valence-electron chi connectivity index (χ3n) is 5.76. The molecule has 1 aliphatic heterocycles. The number of anilines is 1. The van der Waals surface area contributed by atoms with E-state index in [1.807, 2.05) is 45.9 Å². The highest BCUT2D eigenvalue weighted by Gasteiger charge is 2.26. The fourth-order valence-electron chi connectivity index (χ4n) is 4.25. The predicted octanol–water partition coefficient (Wildman–Crippen LogP) is 4.67. The second-order valence-electron chi connectivity index (χ2n) is 9.22. The van der Waals surface area contributed by atoms with Crippen molar-refractivity contribution in [2.24, 2.45) is 5.92 Å². The number of rotatable bonds is 8. The number of aliphatic hydroxyl groups is 1. The fraction of sp³-hybridized carbons (Fsp3) is 0.520. The number of piperidine rings is 1. The maximum absolute atomic E-state index is 13.5. The first-order chi connectivity index (χ1) is 14.7. The van der Waals surface area contributed by atoms with Crippen LogP contribution in [-0.2, 0) is 10.0 Å². The molecule has 5 nitrogen and oxygen atoms in total. The van der Waals surface area contributed by atoms with Crippen molar-refractivity contribution >= 4 is 15.7 Å². The molecule has 1 saturated heterocycles. The van der Waals surface area contributed by atoms with Crippen molar-refractivity contribution in [3.8, 4) is 0 Å². The average molecular weight is 445 g/mol. The lowest BCUT2D eigenvalue weighted by atomic mass is 10.1. The van der Waals surface area contributed by atoms with E-state index >= 15 is 0 Å². The Morgan fingerprint density at radius 1 is 0.968 bits per heavy atom. The van der Waals surface area contributed by atoms with Crippen molar-refractivity contribution < 1.29 is 13.5 Å². The number of aliphatic hydroxyl groups excluding tert-OH is 1. The van der Waals surface area contributed by atoms with E-state index in [4.69, 9.17) is 0 Å². The van der Waals surface area contributed by atoms with Crippen molar-refractivity contribution in [2.75, 3.05) is 30.5 Å². The molecule has 0 saturated carbocycles. The predicted molar refractivity (Wildman–Crippen MR) is 127 cm³/mol. The van der Waals surface area contributed by atoms with E-state index in [2.05, 4.69) is 4.90 Å². The Hall–Kier alpha value is -1.89. The van der Waals surface area contributed by atoms with Gasteiger partial charge in [0.15, 0.2) is 0 Å². The molecule has 2 aromatic rings. The largest absolute Gasteiger partial charge is 0.387 e. The number of sulfonamides is 1. The van der Waals surface area contributed by atoms with Gasteiger partial charge in [-0.05, 0) is 86.7 Å². The second-order valence-corrected chi connectivity index (χ2v) is 11.1. The Bertz CT molecular complexity index is 945. The Balaban J connectivity index is 1.84. The van der Waals surface area contributed by atoms with E-state index in [-0.39, 0.29) is 10.8 Å². The number of hydrogen-bond acceptors (Lipinski definition) is 4. The maximum atomic E-state index is 13.5. The molecule has 3 rings (SSSR count). The van der Waals surface area contributed by atoms with Crippen molar-refractivity contribution in [3.05, 3.63) is 59.2 Å². The molecular weight excluding hydrogens is 408 g/mol. The zero-order valence-electron chi connectivity index (χ0n) is 19.2. The summed E-state index contributed by atoms with van der Waals surface area (Å²) >= 11 is 0. The lowest BCUT2D eigenvalue weighted by Crippen LogP contribution is -2.34. The summed E-state index contributed by atoms with van der Waals surface area (Å²) in [6, 6.07) is 12.6. The second kappa shape index (κ2) is 10.2. The average Bonchev–Trinajstić information content (AvgIpc) is 2.72. The zero-order valence-corrected chi connectivity index (χ0v) is 20.0. The van der Waals surface area contributed by atoms with Gasteiger partial charge in [-0.2, -0.15) is 0 Å². The van der Waals surface area contributed by atoms with Crippen LogP contribution < -0.4 is 4.31 Å². The van der Waals surface area contributed by atoms with E-state index in [0.29, 0.717) is 18.8 Å². The normalized spacial score (nSPS) is 16.5. The molecule has 0 spiro atoms. The highest BCUT2D eigenvalue weighted by molar-refractivity contribution is 7.92. The molecule has 0 bridgehead atoms. The fourth-order valence-corrected chi connectivity index (χ4v) is 5.86. The van der Waals surface area contributed by atoms with Gasteiger partial charge in [-0.1, -0.05) is 38.5 Å². The van der Waals surface area contributed by atoms with Gasteiger partial charge in [0.2, 0.25) is 0 Å². The molecule has 1 aliphatic rings. The van der Waals surface area contributed by atoms with Gasteiger partial charge in [-0.25, -0.2) is 8.42 Å². The first kappa shape index (κ1) is 23.8. The first-order valence-electron chi connectivity index (χ1n) is 11.3. The van der Waals surface area contributed by atoms with Gasteiger partial charge in [0.25, 0.3) is 10.0 Å². The lowest BCUT2D eigenvalue weighted by Gasteiger charge is -2.29. The maximum Gasteiger partial charge on any atom is 0.264 e. The Morgan fingerprint density at radius 3 is 2.10 bits per heavy atom. The molecule has 2 aromatic carbocycles. The van der Waals surface area contributed by atoms with Crippen LogP contribution in [-0.4, -0.2) is 44.6 Å². The van der Waals surface area contributed by atoms with Gasteiger partial charge in [-0.15, -0.1) is 0 Å². The minimum atomic E-state index is -3.71. The van der Waals surface area contributed by atoms with Crippen LogP contribution in [0, 0.1) is 19.8 Å². The summed E-state index contributed by atoms with van der Waals surface area (Å²) < 4.78 is 28.6. The van der Waals surface area contributed by atoms with Crippen LogP contribution in [0.15, 0.2) is 47.4 Å². The summed E-state index contributed by atoms with van der Waals surface area (Å²) in [6.07, 6.45) is 3.00. The summed E-state index contributed by atoms with van der Waals surface area (Å²) in [5.74, 6) is 0.182. The van der Waals surface area contributed by atoms with E-state index in [0.717, 1.165) is 29.8 Å². The zero-order chi connectivity index (χ0) is 22.6. The third kappa shape index (κ3) is 6.09. The molecule has 170 valence electrons. The van der Waals surface area contributed by atoms with Gasteiger partial charge < -0.3 is 10.0 Å². The number of likely N-dealkylation sites (tertiary alicyclic amines) is 1. The highest BCUT2D eigenvalue weighted by Crippen LogP contribution is 2.28. The van der Waals surface area contributed by atoms with Crippen LogP contribution in [0.2, 0.25) is 0 Å². The third-order valence-corrected chi connectivity index (χ3v) is 7.57. The number of hydrogen-bond donors (Lipinski definition) is 1. The molecule has 6 heteroatoms. The van der Waals surface area contributed by atoms with Gasteiger partial charge in [0.05, 0.1) is 16.7 Å². The van der Waals surface area contributed by atoms with Crippen LogP contribution >= 0.6 is 0 Å². The summed E-state index contributed by atoms with van der Waals surface area (Å²) in [5, 5.41) is 10.6. The molecule has 1 unspecified atom stereocenters. The smallest absolute Gasteiger partial charge is 0.264 e. The van der Waals surface area contributed by atoms with Crippen LogP contribution in [0.1, 0.15) is 55.9 Å². The monoisotopic (exact) mass is 444 g/mol. The molecule has 1 N–H and O–H groups in total. The van der Waals surface area contributed by atoms with E-state index < -0.39 is 16.1 Å². The molecule has 0 radical (unpaired) electrons. The SMILES string of the molecule is Cc1cc(C)cc(N(CC(C)C)S(=O)(=O)c2ccc(C(O)CN3CCCCC3)cc2)c1. The van der Waals surface area contributed by atoms with Crippen molar-refractivity contribution in [1.82, 2.24) is 4.90 Å². The molecule has 1 atom stereocenters. The first-order valence-corrected chi connectivity index (χ1v) is 12.7. The van der Waals surface area contributed by atoms with Crippen molar-refractivity contribution in [3.63, 3.8) is 0 Å². The number of benzene rings is 2. The topological polar surface area (TPSA) is 60.9 Å². The van der Waals surface area contributed by atoms with Crippen molar-refractivity contribution in [1.29, 1.82) is 0 Å². The molecule has 1 fully saturated rings. The van der Waals surface area contributed by atoms with E-state index in [9.17, 15) is 13.5 Å². The molecule has 1 heterocycles. The molecule has 31 heavy (non-hydrogen) atoms. The lowest BCUT2D eigenvalue weighted by molar-refractivity contribution is 0.101. The number of aryl methyl sites for hydroxylation is 2. The van der Waals surface area contributed by atoms with Crippen LogP contribution in [0.4, 0.5) is 5.69 Å². The summed E-state index contributed by atoms with van der Waals surface area (Å²) in [6.45, 7) is 11.0. The van der Waals surface area contributed by atoms with Gasteiger partial charge in [0.1, 0.15) is 0 Å². The quantitative estimate of drug-likeness (QED) is 0.643. The van der Waals surface area contributed by atoms with E-state index in [1.165, 1.54) is 23.6 Å². The van der Waals surface area contributed by atoms with Gasteiger partial charge >= 0.3 is 0 Å². The standard InChI is InChI=1S/C25H36N2O3S/c1-19(2)17-27(23-15-20(3)14-21(4)16-23)31(29,30)24-10-8-22(9-11-24)25(28)18-26-12-6-5-7-13-26/h8-11,14-16,19,25,28H,5-7,12-13,17-18H2,1-4H3.